The van der Waals surface area contributed by atoms with Gasteiger partial charge in [0.15, 0.2) is 5.58 Å². The van der Waals surface area contributed by atoms with Gasteiger partial charge in [0.1, 0.15) is 5.69 Å². The Morgan fingerprint density at radius 3 is 2.43 bits per heavy atom. The second-order valence-electron chi connectivity index (χ2n) is 6.09. The van der Waals surface area contributed by atoms with Gasteiger partial charge in [-0.1, -0.05) is 11.2 Å². The summed E-state index contributed by atoms with van der Waals surface area (Å²) >= 11 is 0. The zero-order chi connectivity index (χ0) is 16.6. The number of anilines is 1. The van der Waals surface area contributed by atoms with Gasteiger partial charge < -0.3 is 9.84 Å². The van der Waals surface area contributed by atoms with Crippen molar-refractivity contribution in [2.24, 2.45) is 0 Å². The zero-order valence-corrected chi connectivity index (χ0v) is 13.9. The summed E-state index contributed by atoms with van der Waals surface area (Å²) in [5, 5.41) is 7.88. The van der Waals surface area contributed by atoms with Crippen molar-refractivity contribution in [2.75, 3.05) is 5.32 Å². The van der Waals surface area contributed by atoms with Crippen LogP contribution in [0.25, 0.3) is 11.0 Å². The van der Waals surface area contributed by atoms with E-state index in [2.05, 4.69) is 10.5 Å². The van der Waals surface area contributed by atoms with Crippen LogP contribution in [0.4, 0.5) is 5.69 Å². The Morgan fingerprint density at radius 2 is 1.70 bits per heavy atom. The molecule has 2 aromatic carbocycles. The summed E-state index contributed by atoms with van der Waals surface area (Å²) in [6.07, 6.45) is 0.197. The lowest BCUT2D eigenvalue weighted by molar-refractivity contribution is -0.115. The minimum Gasteiger partial charge on any atom is -0.356 e. The summed E-state index contributed by atoms with van der Waals surface area (Å²) in [4.78, 5) is 12.3. The largest absolute Gasteiger partial charge is 0.356 e. The molecule has 0 fully saturated rings. The molecular weight excluding hydrogens is 288 g/mol. The molecule has 23 heavy (non-hydrogen) atoms. The minimum atomic E-state index is -0.0957. The van der Waals surface area contributed by atoms with Gasteiger partial charge in [-0.25, -0.2) is 0 Å². The van der Waals surface area contributed by atoms with Gasteiger partial charge in [0.05, 0.1) is 6.42 Å². The number of carbonyl (C=O) groups is 1. The van der Waals surface area contributed by atoms with E-state index >= 15 is 0 Å². The third kappa shape index (κ3) is 3.11. The molecule has 0 atom stereocenters. The van der Waals surface area contributed by atoms with E-state index in [4.69, 9.17) is 4.52 Å². The van der Waals surface area contributed by atoms with E-state index in [1.165, 1.54) is 5.56 Å². The van der Waals surface area contributed by atoms with Crippen molar-refractivity contribution in [3.63, 3.8) is 0 Å². The third-order valence-electron chi connectivity index (χ3n) is 4.28. The van der Waals surface area contributed by atoms with Crippen LogP contribution in [0.2, 0.25) is 0 Å². The fraction of sp³-hybridized carbons (Fsp3) is 0.263. The summed E-state index contributed by atoms with van der Waals surface area (Å²) in [7, 11) is 0. The fourth-order valence-electron chi connectivity index (χ4n) is 2.55. The Balaban J connectivity index is 1.80. The van der Waals surface area contributed by atoms with Gasteiger partial charge in [0.25, 0.3) is 0 Å². The van der Waals surface area contributed by atoms with Crippen molar-refractivity contribution >= 4 is 22.6 Å². The third-order valence-corrected chi connectivity index (χ3v) is 4.28. The number of benzene rings is 2. The molecule has 0 saturated carbocycles. The molecule has 0 spiro atoms. The first-order valence-electron chi connectivity index (χ1n) is 7.66. The second kappa shape index (κ2) is 5.88. The average Bonchev–Trinajstić information content (AvgIpc) is 2.86. The van der Waals surface area contributed by atoms with Gasteiger partial charge in [0.2, 0.25) is 5.91 Å². The van der Waals surface area contributed by atoms with Gasteiger partial charge in [0, 0.05) is 11.1 Å². The normalized spacial score (nSPS) is 11.0. The maximum atomic E-state index is 12.3. The number of aromatic nitrogens is 1. The van der Waals surface area contributed by atoms with Crippen LogP contribution in [0.5, 0.6) is 0 Å². The van der Waals surface area contributed by atoms with E-state index in [0.717, 1.165) is 33.3 Å². The molecule has 3 aromatic rings. The molecule has 118 valence electrons. The predicted octanol–water partition coefficient (Wildman–Crippen LogP) is 4.24. The first-order chi connectivity index (χ1) is 10.9. The molecule has 0 bridgehead atoms. The van der Waals surface area contributed by atoms with E-state index in [1.807, 2.05) is 58.0 Å². The van der Waals surface area contributed by atoms with Crippen LogP contribution < -0.4 is 5.32 Å². The maximum Gasteiger partial charge on any atom is 0.230 e. The molecule has 0 unspecified atom stereocenters. The lowest BCUT2D eigenvalue weighted by Crippen LogP contribution is -2.14. The zero-order valence-electron chi connectivity index (χ0n) is 13.9. The van der Waals surface area contributed by atoms with Crippen LogP contribution in [0, 0.1) is 27.7 Å². The Hall–Kier alpha value is -2.62. The van der Waals surface area contributed by atoms with Gasteiger partial charge in [-0.2, -0.15) is 0 Å². The van der Waals surface area contributed by atoms with E-state index < -0.39 is 0 Å². The standard InChI is InChI=1S/C19H20N2O2/c1-11-5-6-15(7-12(11)2)20-19(22)10-17-16-8-13(3)14(4)9-18(16)23-21-17/h5-9H,10H2,1-4H3,(H,20,22). The fourth-order valence-corrected chi connectivity index (χ4v) is 2.55. The molecule has 1 amide bonds. The number of hydrogen-bond acceptors (Lipinski definition) is 3. The van der Waals surface area contributed by atoms with E-state index in [-0.39, 0.29) is 12.3 Å². The van der Waals surface area contributed by atoms with Crippen LogP contribution in [0.3, 0.4) is 0 Å². The molecule has 0 aliphatic heterocycles. The molecular formula is C19H20N2O2. The highest BCUT2D eigenvalue weighted by molar-refractivity contribution is 5.95. The second-order valence-corrected chi connectivity index (χ2v) is 6.09. The quantitative estimate of drug-likeness (QED) is 0.787. The summed E-state index contributed by atoms with van der Waals surface area (Å²) in [6.45, 7) is 8.15. The number of hydrogen-bond donors (Lipinski definition) is 1. The number of fused-ring (bicyclic) bond motifs is 1. The molecule has 4 heteroatoms. The Bertz CT molecular complexity index is 894. The number of nitrogens with one attached hydrogen (secondary N) is 1. The van der Waals surface area contributed by atoms with Crippen molar-refractivity contribution in [2.45, 2.75) is 34.1 Å². The summed E-state index contributed by atoms with van der Waals surface area (Å²) in [5.74, 6) is -0.0957. The van der Waals surface area contributed by atoms with Crippen molar-refractivity contribution in [1.82, 2.24) is 5.16 Å². The van der Waals surface area contributed by atoms with Crippen molar-refractivity contribution in [3.8, 4) is 0 Å². The van der Waals surface area contributed by atoms with E-state index in [0.29, 0.717) is 5.69 Å². The highest BCUT2D eigenvalue weighted by Gasteiger charge is 2.14. The van der Waals surface area contributed by atoms with Crippen LogP contribution >= 0.6 is 0 Å². The number of amides is 1. The van der Waals surface area contributed by atoms with Crippen molar-refractivity contribution in [1.29, 1.82) is 0 Å². The molecule has 1 aromatic heterocycles. The number of rotatable bonds is 3. The minimum absolute atomic E-state index is 0.0957. The van der Waals surface area contributed by atoms with Gasteiger partial charge in [-0.3, -0.25) is 4.79 Å². The van der Waals surface area contributed by atoms with Crippen LogP contribution in [0.15, 0.2) is 34.9 Å². The topological polar surface area (TPSA) is 55.1 Å². The highest BCUT2D eigenvalue weighted by atomic mass is 16.5. The number of carbonyl (C=O) groups excluding carboxylic acids is 1. The molecule has 0 aliphatic rings. The number of nitrogens with zero attached hydrogens (tertiary/aromatic N) is 1. The smallest absolute Gasteiger partial charge is 0.230 e. The lowest BCUT2D eigenvalue weighted by Gasteiger charge is -2.07. The Labute approximate surface area is 135 Å². The van der Waals surface area contributed by atoms with Gasteiger partial charge in [-0.15, -0.1) is 0 Å². The summed E-state index contributed by atoms with van der Waals surface area (Å²) < 4.78 is 5.34. The predicted molar refractivity (Wildman–Crippen MR) is 91.7 cm³/mol. The first kappa shape index (κ1) is 15.3. The summed E-state index contributed by atoms with van der Waals surface area (Å²) in [6, 6.07) is 9.88. The monoisotopic (exact) mass is 308 g/mol. The van der Waals surface area contributed by atoms with Gasteiger partial charge in [-0.05, 0) is 74.2 Å². The molecule has 3 rings (SSSR count). The molecule has 0 radical (unpaired) electrons. The molecule has 1 heterocycles. The average molecular weight is 308 g/mol. The number of aryl methyl sites for hydroxylation is 4. The van der Waals surface area contributed by atoms with E-state index in [9.17, 15) is 4.79 Å². The first-order valence-corrected chi connectivity index (χ1v) is 7.66. The van der Waals surface area contributed by atoms with Crippen molar-refractivity contribution in [3.05, 3.63) is 58.3 Å². The van der Waals surface area contributed by atoms with Crippen LogP contribution in [-0.4, -0.2) is 11.1 Å². The van der Waals surface area contributed by atoms with Crippen LogP contribution in [-0.2, 0) is 11.2 Å². The highest BCUT2D eigenvalue weighted by Crippen LogP contribution is 2.23. The molecule has 4 nitrogen and oxygen atoms in total. The summed E-state index contributed by atoms with van der Waals surface area (Å²) in [5.41, 5.74) is 6.87. The van der Waals surface area contributed by atoms with Gasteiger partial charge >= 0.3 is 0 Å². The van der Waals surface area contributed by atoms with Crippen molar-refractivity contribution < 1.29 is 9.32 Å². The Kier molecular flexibility index (Phi) is 3.90. The Morgan fingerprint density at radius 1 is 1.00 bits per heavy atom. The molecule has 1 N–H and O–H groups in total. The molecule has 0 saturated heterocycles. The lowest BCUT2D eigenvalue weighted by atomic mass is 10.1. The SMILES string of the molecule is Cc1ccc(NC(=O)Cc2noc3cc(C)c(C)cc23)cc1C. The van der Waals surface area contributed by atoms with Crippen LogP contribution in [0.1, 0.15) is 27.9 Å². The maximum absolute atomic E-state index is 12.3. The van der Waals surface area contributed by atoms with E-state index in [1.54, 1.807) is 0 Å². The molecule has 0 aliphatic carbocycles.